The lowest BCUT2D eigenvalue weighted by molar-refractivity contribution is 1.03. The summed E-state index contributed by atoms with van der Waals surface area (Å²) < 4.78 is 0. The van der Waals surface area contributed by atoms with Crippen molar-refractivity contribution in [3.8, 4) is 0 Å². The van der Waals surface area contributed by atoms with Crippen LogP contribution < -0.4 is 10.6 Å². The van der Waals surface area contributed by atoms with E-state index in [0.29, 0.717) is 12.5 Å². The van der Waals surface area contributed by atoms with Crippen molar-refractivity contribution in [3.05, 3.63) is 41.3 Å². The lowest BCUT2D eigenvalue weighted by Gasteiger charge is -2.10. The quantitative estimate of drug-likeness (QED) is 0.861. The van der Waals surface area contributed by atoms with Gasteiger partial charge in [-0.05, 0) is 31.0 Å². The number of hydrogen-bond donors (Lipinski definition) is 2. The molecule has 94 valence electrons. The van der Waals surface area contributed by atoms with E-state index in [1.807, 2.05) is 19.2 Å². The van der Waals surface area contributed by atoms with Crippen LogP contribution in [0.5, 0.6) is 0 Å². The zero-order valence-corrected chi connectivity index (χ0v) is 10.9. The molecule has 0 amide bonds. The van der Waals surface area contributed by atoms with Crippen LogP contribution in [0.15, 0.2) is 24.7 Å². The molecular formula is C13H17N5. The first-order chi connectivity index (χ1) is 8.70. The van der Waals surface area contributed by atoms with E-state index in [2.05, 4.69) is 32.5 Å². The smallest absolute Gasteiger partial charge is 0.224 e. The van der Waals surface area contributed by atoms with Gasteiger partial charge in [-0.2, -0.15) is 4.98 Å². The maximum absolute atomic E-state index is 4.38. The third-order valence-electron chi connectivity index (χ3n) is 2.79. The summed E-state index contributed by atoms with van der Waals surface area (Å²) in [6.07, 6.45) is 5.48. The summed E-state index contributed by atoms with van der Waals surface area (Å²) in [4.78, 5) is 12.7. The number of nitrogens with one attached hydrogen (secondary N) is 2. The summed E-state index contributed by atoms with van der Waals surface area (Å²) in [5.74, 6) is 1.46. The molecule has 5 nitrogen and oxygen atoms in total. The van der Waals surface area contributed by atoms with Gasteiger partial charge in [-0.15, -0.1) is 0 Å². The summed E-state index contributed by atoms with van der Waals surface area (Å²) in [5.41, 5.74) is 3.41. The Morgan fingerprint density at radius 1 is 1.17 bits per heavy atom. The molecule has 0 aliphatic heterocycles. The third-order valence-corrected chi connectivity index (χ3v) is 2.79. The molecule has 0 saturated heterocycles. The Kier molecular flexibility index (Phi) is 3.72. The van der Waals surface area contributed by atoms with Crippen LogP contribution in [0.4, 0.5) is 11.8 Å². The van der Waals surface area contributed by atoms with Crippen molar-refractivity contribution in [2.45, 2.75) is 20.4 Å². The van der Waals surface area contributed by atoms with Gasteiger partial charge < -0.3 is 10.6 Å². The highest BCUT2D eigenvalue weighted by atomic mass is 15.1. The van der Waals surface area contributed by atoms with Gasteiger partial charge in [-0.3, -0.25) is 4.98 Å². The molecule has 2 N–H and O–H groups in total. The topological polar surface area (TPSA) is 62.7 Å². The molecule has 0 aliphatic carbocycles. The first kappa shape index (κ1) is 12.3. The van der Waals surface area contributed by atoms with E-state index < -0.39 is 0 Å². The highest BCUT2D eigenvalue weighted by molar-refractivity contribution is 5.46. The van der Waals surface area contributed by atoms with Crippen molar-refractivity contribution in [3.63, 3.8) is 0 Å². The van der Waals surface area contributed by atoms with E-state index in [0.717, 1.165) is 11.4 Å². The number of hydrogen-bond acceptors (Lipinski definition) is 5. The molecule has 2 heterocycles. The molecule has 2 aromatic rings. The molecule has 0 aromatic carbocycles. The highest BCUT2D eigenvalue weighted by Gasteiger charge is 2.03. The molecule has 0 unspecified atom stereocenters. The van der Waals surface area contributed by atoms with Crippen LogP contribution >= 0.6 is 0 Å². The van der Waals surface area contributed by atoms with E-state index >= 15 is 0 Å². The second-order valence-corrected chi connectivity index (χ2v) is 4.13. The third kappa shape index (κ3) is 2.74. The minimum atomic E-state index is 0.617. The van der Waals surface area contributed by atoms with Gasteiger partial charge >= 0.3 is 0 Å². The molecule has 0 atom stereocenters. The van der Waals surface area contributed by atoms with E-state index in [1.54, 1.807) is 19.4 Å². The molecule has 0 saturated carbocycles. The molecule has 0 bridgehead atoms. The van der Waals surface area contributed by atoms with Gasteiger partial charge in [-0.25, -0.2) is 4.98 Å². The first-order valence-electron chi connectivity index (χ1n) is 5.85. The van der Waals surface area contributed by atoms with Gasteiger partial charge in [0.25, 0.3) is 0 Å². The number of anilines is 2. The molecule has 18 heavy (non-hydrogen) atoms. The van der Waals surface area contributed by atoms with Crippen molar-refractivity contribution in [1.82, 2.24) is 15.0 Å². The van der Waals surface area contributed by atoms with Crippen LogP contribution in [0.25, 0.3) is 0 Å². The zero-order chi connectivity index (χ0) is 13.0. The molecular weight excluding hydrogens is 226 g/mol. The minimum absolute atomic E-state index is 0.617. The molecule has 2 aromatic heterocycles. The predicted octanol–water partition coefficient (Wildman–Crippen LogP) is 2.14. The molecule has 5 heteroatoms. The number of aryl methyl sites for hydroxylation is 2. The first-order valence-corrected chi connectivity index (χ1v) is 5.85. The fourth-order valence-corrected chi connectivity index (χ4v) is 1.60. The van der Waals surface area contributed by atoms with Crippen molar-refractivity contribution < 1.29 is 0 Å². The zero-order valence-electron chi connectivity index (χ0n) is 10.9. The van der Waals surface area contributed by atoms with Gasteiger partial charge in [0.1, 0.15) is 5.82 Å². The summed E-state index contributed by atoms with van der Waals surface area (Å²) >= 11 is 0. The van der Waals surface area contributed by atoms with Crippen LogP contribution in [-0.4, -0.2) is 22.0 Å². The predicted molar refractivity (Wildman–Crippen MR) is 72.6 cm³/mol. The monoisotopic (exact) mass is 243 g/mol. The van der Waals surface area contributed by atoms with Crippen LogP contribution in [-0.2, 0) is 6.54 Å². The Hall–Kier alpha value is -2.17. The van der Waals surface area contributed by atoms with Gasteiger partial charge in [0.05, 0.1) is 0 Å². The van der Waals surface area contributed by atoms with Crippen molar-refractivity contribution in [2.75, 3.05) is 17.7 Å². The fourth-order valence-electron chi connectivity index (χ4n) is 1.60. The number of pyridine rings is 1. The number of nitrogens with zero attached hydrogens (tertiary/aromatic N) is 3. The van der Waals surface area contributed by atoms with Gasteiger partial charge in [-0.1, -0.05) is 0 Å². The highest BCUT2D eigenvalue weighted by Crippen LogP contribution is 2.14. The average molecular weight is 243 g/mol. The normalized spacial score (nSPS) is 10.2. The molecule has 0 aliphatic rings. The lowest BCUT2D eigenvalue weighted by Crippen LogP contribution is -2.07. The number of aromatic nitrogens is 3. The maximum Gasteiger partial charge on any atom is 0.224 e. The number of rotatable bonds is 4. The molecule has 0 spiro atoms. The molecule has 2 rings (SSSR count). The van der Waals surface area contributed by atoms with Crippen molar-refractivity contribution in [2.24, 2.45) is 0 Å². The summed E-state index contributed by atoms with van der Waals surface area (Å²) in [6.45, 7) is 4.77. The second kappa shape index (κ2) is 5.44. The van der Waals surface area contributed by atoms with Crippen LogP contribution in [0.2, 0.25) is 0 Å². The molecule has 0 fully saturated rings. The lowest BCUT2D eigenvalue weighted by atomic mass is 10.1. The summed E-state index contributed by atoms with van der Waals surface area (Å²) in [7, 11) is 1.81. The van der Waals surface area contributed by atoms with Crippen LogP contribution in [0.3, 0.4) is 0 Å². The average Bonchev–Trinajstić information content (AvgIpc) is 2.39. The van der Waals surface area contributed by atoms with E-state index in [-0.39, 0.29) is 0 Å². The summed E-state index contributed by atoms with van der Waals surface area (Å²) in [6, 6.07) is 2.00. The fraction of sp³-hybridized carbons (Fsp3) is 0.308. The maximum atomic E-state index is 4.38. The molecule has 0 radical (unpaired) electrons. The van der Waals surface area contributed by atoms with E-state index in [1.165, 1.54) is 11.1 Å². The van der Waals surface area contributed by atoms with Gasteiger partial charge in [0, 0.05) is 37.7 Å². The standard InChI is InChI=1S/C13H17N5/c1-9-4-5-15-7-11(9)8-16-12-10(2)6-17-13(14-3)18-12/h4-7H,8H2,1-3H3,(H2,14,16,17,18). The van der Waals surface area contributed by atoms with Crippen LogP contribution in [0, 0.1) is 13.8 Å². The van der Waals surface area contributed by atoms with E-state index in [9.17, 15) is 0 Å². The Balaban J connectivity index is 2.13. The Bertz CT molecular complexity index is 539. The van der Waals surface area contributed by atoms with E-state index in [4.69, 9.17) is 0 Å². The van der Waals surface area contributed by atoms with Crippen LogP contribution in [0.1, 0.15) is 16.7 Å². The minimum Gasteiger partial charge on any atom is -0.366 e. The second-order valence-electron chi connectivity index (χ2n) is 4.13. The van der Waals surface area contributed by atoms with Crippen molar-refractivity contribution >= 4 is 11.8 Å². The van der Waals surface area contributed by atoms with Crippen molar-refractivity contribution in [1.29, 1.82) is 0 Å². The Labute approximate surface area is 107 Å². The SMILES string of the molecule is CNc1ncc(C)c(NCc2cnccc2C)n1. The Morgan fingerprint density at radius 2 is 2.00 bits per heavy atom. The Morgan fingerprint density at radius 3 is 2.72 bits per heavy atom. The summed E-state index contributed by atoms with van der Waals surface area (Å²) in [5, 5.41) is 6.24. The van der Waals surface area contributed by atoms with Gasteiger partial charge in [0.2, 0.25) is 5.95 Å². The van der Waals surface area contributed by atoms with Gasteiger partial charge in [0.15, 0.2) is 0 Å². The largest absolute Gasteiger partial charge is 0.366 e.